The molecule has 0 heterocycles. The van der Waals surface area contributed by atoms with Crippen LogP contribution in [0.15, 0.2) is 24.3 Å². The van der Waals surface area contributed by atoms with Crippen molar-refractivity contribution in [2.75, 3.05) is 17.6 Å². The van der Waals surface area contributed by atoms with E-state index < -0.39 is 8.32 Å². The number of benzene rings is 1. The van der Waals surface area contributed by atoms with Crippen LogP contribution in [0.4, 0.5) is 0 Å². The molecule has 0 saturated heterocycles. The SMILES string of the molecule is CC(C)(C)[Si](C)(C)OC[C@H](CI)COc1ccc(I)cc1. The van der Waals surface area contributed by atoms with Gasteiger partial charge in [-0.05, 0) is 65.0 Å². The van der Waals surface area contributed by atoms with E-state index in [2.05, 4.69) is 91.2 Å². The Morgan fingerprint density at radius 1 is 1.10 bits per heavy atom. The Labute approximate surface area is 157 Å². The first-order chi connectivity index (χ1) is 9.65. The summed E-state index contributed by atoms with van der Waals surface area (Å²) in [6.07, 6.45) is 0. The fraction of sp³-hybridized carbons (Fsp3) is 0.625. The Hall–Kier alpha value is 0.657. The van der Waals surface area contributed by atoms with Gasteiger partial charge in [0.2, 0.25) is 0 Å². The predicted molar refractivity (Wildman–Crippen MR) is 110 cm³/mol. The lowest BCUT2D eigenvalue weighted by molar-refractivity contribution is 0.181. The first-order valence-corrected chi connectivity index (χ1v) is 12.8. The summed E-state index contributed by atoms with van der Waals surface area (Å²) in [6.45, 7) is 13.0. The van der Waals surface area contributed by atoms with Gasteiger partial charge in [0, 0.05) is 20.5 Å². The van der Waals surface area contributed by atoms with E-state index in [4.69, 9.17) is 9.16 Å². The highest BCUT2D eigenvalue weighted by Crippen LogP contribution is 2.36. The zero-order chi connectivity index (χ0) is 16.1. The molecule has 5 heteroatoms. The van der Waals surface area contributed by atoms with Gasteiger partial charge in [0.25, 0.3) is 0 Å². The summed E-state index contributed by atoms with van der Waals surface area (Å²) in [5, 5.41) is 0.264. The molecule has 0 aliphatic heterocycles. The lowest BCUT2D eigenvalue weighted by Gasteiger charge is -2.37. The van der Waals surface area contributed by atoms with Crippen LogP contribution in [-0.4, -0.2) is 26.0 Å². The van der Waals surface area contributed by atoms with Crippen molar-refractivity contribution < 1.29 is 9.16 Å². The number of halogens is 2. The molecule has 0 aliphatic rings. The first kappa shape index (κ1) is 19.7. The summed E-state index contributed by atoms with van der Waals surface area (Å²) < 4.78 is 14.5. The number of hydrogen-bond acceptors (Lipinski definition) is 2. The molecule has 0 N–H and O–H groups in total. The van der Waals surface area contributed by atoms with Crippen LogP contribution >= 0.6 is 45.2 Å². The second-order valence-electron chi connectivity index (χ2n) is 6.86. The summed E-state index contributed by atoms with van der Waals surface area (Å²) in [7, 11) is -1.66. The van der Waals surface area contributed by atoms with Crippen LogP contribution in [0.5, 0.6) is 5.75 Å². The van der Waals surface area contributed by atoms with Crippen LogP contribution in [-0.2, 0) is 4.43 Å². The third-order valence-electron chi connectivity index (χ3n) is 4.00. The number of alkyl halides is 1. The molecule has 0 amide bonds. The van der Waals surface area contributed by atoms with Crippen LogP contribution < -0.4 is 4.74 Å². The second kappa shape index (κ2) is 8.49. The minimum atomic E-state index is -1.66. The summed E-state index contributed by atoms with van der Waals surface area (Å²) in [6, 6.07) is 8.20. The van der Waals surface area contributed by atoms with Gasteiger partial charge in [-0.2, -0.15) is 0 Å². The highest BCUT2D eigenvalue weighted by Gasteiger charge is 2.37. The second-order valence-corrected chi connectivity index (χ2v) is 13.8. The molecule has 0 spiro atoms. The molecule has 0 aromatic heterocycles. The van der Waals surface area contributed by atoms with Crippen LogP contribution in [0, 0.1) is 9.49 Å². The van der Waals surface area contributed by atoms with E-state index in [0.717, 1.165) is 23.4 Å². The Kier molecular flexibility index (Phi) is 7.97. The van der Waals surface area contributed by atoms with E-state index in [9.17, 15) is 0 Å². The fourth-order valence-electron chi connectivity index (χ4n) is 1.42. The van der Waals surface area contributed by atoms with Crippen molar-refractivity contribution in [3.8, 4) is 5.75 Å². The molecule has 2 nitrogen and oxygen atoms in total. The van der Waals surface area contributed by atoms with E-state index in [1.165, 1.54) is 3.57 Å². The summed E-state index contributed by atoms with van der Waals surface area (Å²) in [5.41, 5.74) is 0. The minimum Gasteiger partial charge on any atom is -0.493 e. The Bertz CT molecular complexity index is 427. The summed E-state index contributed by atoms with van der Waals surface area (Å²) >= 11 is 4.73. The summed E-state index contributed by atoms with van der Waals surface area (Å²) in [5.74, 6) is 1.39. The molecule has 21 heavy (non-hydrogen) atoms. The van der Waals surface area contributed by atoms with Gasteiger partial charge in [-0.15, -0.1) is 0 Å². The lowest BCUT2D eigenvalue weighted by Crippen LogP contribution is -2.42. The van der Waals surface area contributed by atoms with Gasteiger partial charge in [0.1, 0.15) is 5.75 Å². The smallest absolute Gasteiger partial charge is 0.191 e. The minimum absolute atomic E-state index is 0.264. The zero-order valence-electron chi connectivity index (χ0n) is 13.6. The van der Waals surface area contributed by atoms with Crippen molar-refractivity contribution in [2.24, 2.45) is 5.92 Å². The first-order valence-electron chi connectivity index (χ1n) is 7.24. The number of rotatable bonds is 7. The van der Waals surface area contributed by atoms with Crippen molar-refractivity contribution in [2.45, 2.75) is 38.9 Å². The highest BCUT2D eigenvalue weighted by atomic mass is 127. The van der Waals surface area contributed by atoms with Gasteiger partial charge in [0.05, 0.1) is 6.61 Å². The van der Waals surface area contributed by atoms with Crippen LogP contribution in [0.3, 0.4) is 0 Å². The molecule has 0 aliphatic carbocycles. The van der Waals surface area contributed by atoms with E-state index >= 15 is 0 Å². The molecule has 0 saturated carbocycles. The van der Waals surface area contributed by atoms with E-state index in [1.54, 1.807) is 0 Å². The van der Waals surface area contributed by atoms with Crippen LogP contribution in [0.1, 0.15) is 20.8 Å². The van der Waals surface area contributed by atoms with Crippen molar-refractivity contribution in [3.63, 3.8) is 0 Å². The average Bonchev–Trinajstić information content (AvgIpc) is 2.39. The zero-order valence-corrected chi connectivity index (χ0v) is 18.9. The topological polar surface area (TPSA) is 18.5 Å². The molecule has 120 valence electrons. The molecule has 0 bridgehead atoms. The summed E-state index contributed by atoms with van der Waals surface area (Å²) in [4.78, 5) is 0. The maximum absolute atomic E-state index is 6.31. The predicted octanol–water partition coefficient (Wildman–Crippen LogP) is 5.74. The molecule has 1 rings (SSSR count). The van der Waals surface area contributed by atoms with Crippen molar-refractivity contribution >= 4 is 53.5 Å². The van der Waals surface area contributed by atoms with Crippen molar-refractivity contribution in [1.82, 2.24) is 0 Å². The van der Waals surface area contributed by atoms with E-state index in [1.807, 2.05) is 12.1 Å². The molecular formula is C16H26I2O2Si. The Balaban J connectivity index is 2.47. The van der Waals surface area contributed by atoms with Crippen LogP contribution in [0.25, 0.3) is 0 Å². The quantitative estimate of drug-likeness (QED) is 0.253. The normalized spacial score (nSPS) is 14.0. The molecule has 1 aromatic carbocycles. The number of ether oxygens (including phenoxy) is 1. The van der Waals surface area contributed by atoms with E-state index in [0.29, 0.717) is 5.92 Å². The Morgan fingerprint density at radius 2 is 1.67 bits per heavy atom. The average molecular weight is 532 g/mol. The van der Waals surface area contributed by atoms with E-state index in [-0.39, 0.29) is 5.04 Å². The molecule has 0 fully saturated rings. The third kappa shape index (κ3) is 6.74. The molecule has 1 atom stereocenters. The maximum atomic E-state index is 6.31. The van der Waals surface area contributed by atoms with Crippen molar-refractivity contribution in [1.29, 1.82) is 0 Å². The number of hydrogen-bond donors (Lipinski definition) is 0. The third-order valence-corrected chi connectivity index (χ3v) is 10.5. The highest BCUT2D eigenvalue weighted by molar-refractivity contribution is 14.1. The lowest BCUT2D eigenvalue weighted by atomic mass is 10.2. The Morgan fingerprint density at radius 3 is 2.14 bits per heavy atom. The fourth-order valence-corrected chi connectivity index (χ4v) is 3.38. The van der Waals surface area contributed by atoms with Crippen molar-refractivity contribution in [3.05, 3.63) is 27.8 Å². The monoisotopic (exact) mass is 532 g/mol. The maximum Gasteiger partial charge on any atom is 0.191 e. The standard InChI is InChI=1S/C16H26I2O2Si/c1-16(2,3)21(4,5)20-12-13(10-17)11-19-15-8-6-14(18)7-9-15/h6-9,13H,10-12H2,1-5H3/t13-/m1/s1. The van der Waals surface area contributed by atoms with Crippen LogP contribution in [0.2, 0.25) is 18.1 Å². The molecule has 1 aromatic rings. The van der Waals surface area contributed by atoms with Gasteiger partial charge in [-0.3, -0.25) is 0 Å². The van der Waals surface area contributed by atoms with Gasteiger partial charge in [-0.25, -0.2) is 0 Å². The van der Waals surface area contributed by atoms with Gasteiger partial charge in [-0.1, -0.05) is 43.4 Å². The largest absolute Gasteiger partial charge is 0.493 e. The van der Waals surface area contributed by atoms with Gasteiger partial charge >= 0.3 is 0 Å². The molecule has 0 unspecified atom stereocenters. The molecule has 0 radical (unpaired) electrons. The molecular weight excluding hydrogens is 506 g/mol. The van der Waals surface area contributed by atoms with Gasteiger partial charge in [0.15, 0.2) is 8.32 Å². The van der Waals surface area contributed by atoms with Gasteiger partial charge < -0.3 is 9.16 Å².